The van der Waals surface area contributed by atoms with Gasteiger partial charge < -0.3 is 4.74 Å². The molecular formula is C13H10ClFN2O2. The summed E-state index contributed by atoms with van der Waals surface area (Å²) in [5.41, 5.74) is 1.73. The van der Waals surface area contributed by atoms with Gasteiger partial charge in [-0.2, -0.15) is 0 Å². The van der Waals surface area contributed by atoms with Gasteiger partial charge in [-0.05, 0) is 24.1 Å². The van der Waals surface area contributed by atoms with Gasteiger partial charge in [-0.25, -0.2) is 9.18 Å². The largest absolute Gasteiger partial charge is 0.452 e. The molecule has 0 radical (unpaired) electrons. The fraction of sp³-hybridized carbons (Fsp3) is 0.231. The van der Waals surface area contributed by atoms with Crippen LogP contribution in [0.5, 0.6) is 0 Å². The number of anilines is 1. The Balaban J connectivity index is 2.31. The smallest absolute Gasteiger partial charge is 0.414 e. The highest BCUT2D eigenvalue weighted by Crippen LogP contribution is 2.37. The van der Waals surface area contributed by atoms with Gasteiger partial charge >= 0.3 is 6.09 Å². The second kappa shape index (κ2) is 4.35. The summed E-state index contributed by atoms with van der Waals surface area (Å²) in [5.74, 6) is -0.498. The zero-order chi connectivity index (χ0) is 13.6. The van der Waals surface area contributed by atoms with E-state index in [1.165, 1.54) is 18.1 Å². The number of amides is 1. The van der Waals surface area contributed by atoms with E-state index in [0.29, 0.717) is 24.0 Å². The number of fused-ring (bicyclic) bond motifs is 3. The zero-order valence-electron chi connectivity index (χ0n) is 10.1. The molecule has 6 heteroatoms. The van der Waals surface area contributed by atoms with E-state index in [0.717, 1.165) is 5.56 Å². The molecule has 1 aliphatic rings. The molecule has 0 fully saturated rings. The first kappa shape index (κ1) is 12.2. The SMILES string of the molecule is COC(=O)N1CCc2cnc3c(F)cc(Cl)cc3c21. The molecule has 0 unspecified atom stereocenters. The molecule has 98 valence electrons. The lowest BCUT2D eigenvalue weighted by Crippen LogP contribution is -2.28. The first-order valence-electron chi connectivity index (χ1n) is 5.74. The maximum absolute atomic E-state index is 13.8. The van der Waals surface area contributed by atoms with Crippen LogP contribution in [0.2, 0.25) is 5.02 Å². The second-order valence-corrected chi connectivity index (χ2v) is 4.72. The molecule has 2 heterocycles. The number of hydrogen-bond donors (Lipinski definition) is 0. The fourth-order valence-corrected chi connectivity index (χ4v) is 2.60. The molecule has 1 amide bonds. The van der Waals surface area contributed by atoms with Crippen molar-refractivity contribution in [2.75, 3.05) is 18.6 Å². The Morgan fingerprint density at radius 3 is 3.05 bits per heavy atom. The van der Waals surface area contributed by atoms with Crippen molar-refractivity contribution in [3.8, 4) is 0 Å². The second-order valence-electron chi connectivity index (χ2n) is 4.29. The van der Waals surface area contributed by atoms with Crippen LogP contribution in [-0.2, 0) is 11.2 Å². The van der Waals surface area contributed by atoms with Gasteiger partial charge in [0.1, 0.15) is 5.52 Å². The van der Waals surface area contributed by atoms with Gasteiger partial charge in [-0.1, -0.05) is 11.6 Å². The van der Waals surface area contributed by atoms with Crippen LogP contribution in [0, 0.1) is 5.82 Å². The van der Waals surface area contributed by atoms with Crippen LogP contribution in [-0.4, -0.2) is 24.7 Å². The van der Waals surface area contributed by atoms with Crippen molar-refractivity contribution in [3.05, 3.63) is 34.7 Å². The third-order valence-electron chi connectivity index (χ3n) is 3.21. The Kier molecular flexibility index (Phi) is 2.78. The summed E-state index contributed by atoms with van der Waals surface area (Å²) >= 11 is 5.88. The van der Waals surface area contributed by atoms with E-state index in [4.69, 9.17) is 16.3 Å². The summed E-state index contributed by atoms with van der Waals surface area (Å²) in [7, 11) is 1.32. The minimum absolute atomic E-state index is 0.207. The molecule has 1 aromatic heterocycles. The minimum atomic E-state index is -0.498. The van der Waals surface area contributed by atoms with Crippen LogP contribution >= 0.6 is 11.6 Å². The predicted octanol–water partition coefficient (Wildman–Crippen LogP) is 3.16. The van der Waals surface area contributed by atoms with Crippen LogP contribution in [0.4, 0.5) is 14.9 Å². The van der Waals surface area contributed by atoms with Crippen molar-refractivity contribution in [1.29, 1.82) is 0 Å². The molecular weight excluding hydrogens is 271 g/mol. The molecule has 0 bridgehead atoms. The summed E-state index contributed by atoms with van der Waals surface area (Å²) in [4.78, 5) is 17.3. The fourth-order valence-electron chi connectivity index (χ4n) is 2.39. The molecule has 0 saturated heterocycles. The number of ether oxygens (including phenoxy) is 1. The van der Waals surface area contributed by atoms with Crippen molar-refractivity contribution >= 4 is 34.3 Å². The standard InChI is InChI=1S/C13H10ClFN2O2/c1-19-13(18)17-3-2-7-6-16-11-9(12(7)17)4-8(14)5-10(11)15/h4-6H,2-3H2,1H3. The highest BCUT2D eigenvalue weighted by atomic mass is 35.5. The molecule has 2 aromatic rings. The quantitative estimate of drug-likeness (QED) is 0.744. The summed E-state index contributed by atoms with van der Waals surface area (Å²) in [6.45, 7) is 0.497. The van der Waals surface area contributed by atoms with Crippen molar-refractivity contribution < 1.29 is 13.9 Å². The molecule has 0 spiro atoms. The van der Waals surface area contributed by atoms with E-state index in [1.807, 2.05) is 0 Å². The average molecular weight is 281 g/mol. The lowest BCUT2D eigenvalue weighted by molar-refractivity contribution is 0.179. The van der Waals surface area contributed by atoms with Crippen molar-refractivity contribution in [3.63, 3.8) is 0 Å². The lowest BCUT2D eigenvalue weighted by Gasteiger charge is -2.17. The van der Waals surface area contributed by atoms with E-state index < -0.39 is 11.9 Å². The van der Waals surface area contributed by atoms with E-state index in [-0.39, 0.29) is 10.5 Å². The first-order valence-corrected chi connectivity index (χ1v) is 6.11. The average Bonchev–Trinajstić information content (AvgIpc) is 2.81. The Hall–Kier alpha value is -1.88. The molecule has 0 atom stereocenters. The van der Waals surface area contributed by atoms with E-state index in [2.05, 4.69) is 4.98 Å². The van der Waals surface area contributed by atoms with Crippen molar-refractivity contribution in [2.45, 2.75) is 6.42 Å². The van der Waals surface area contributed by atoms with Gasteiger partial charge in [0.25, 0.3) is 0 Å². The van der Waals surface area contributed by atoms with Gasteiger partial charge in [0.05, 0.1) is 12.8 Å². The van der Waals surface area contributed by atoms with Crippen LogP contribution < -0.4 is 4.90 Å². The zero-order valence-corrected chi connectivity index (χ0v) is 10.9. The van der Waals surface area contributed by atoms with Gasteiger partial charge in [0.2, 0.25) is 0 Å². The third kappa shape index (κ3) is 1.81. The summed E-state index contributed by atoms with van der Waals surface area (Å²) < 4.78 is 18.6. The van der Waals surface area contributed by atoms with Crippen LogP contribution in [0.15, 0.2) is 18.3 Å². The minimum Gasteiger partial charge on any atom is -0.452 e. The molecule has 19 heavy (non-hydrogen) atoms. The number of carbonyl (C=O) groups excluding carboxylic acids is 1. The van der Waals surface area contributed by atoms with E-state index in [1.54, 1.807) is 12.3 Å². The normalized spacial score (nSPS) is 13.7. The molecule has 3 rings (SSSR count). The summed E-state index contributed by atoms with van der Waals surface area (Å²) in [6.07, 6.45) is 1.80. The molecule has 4 nitrogen and oxygen atoms in total. The molecule has 0 aliphatic carbocycles. The Morgan fingerprint density at radius 1 is 1.53 bits per heavy atom. The monoisotopic (exact) mass is 280 g/mol. The first-order chi connectivity index (χ1) is 9.11. The molecule has 0 saturated carbocycles. The number of rotatable bonds is 0. The van der Waals surface area contributed by atoms with Crippen molar-refractivity contribution in [1.82, 2.24) is 4.98 Å². The number of aromatic nitrogens is 1. The van der Waals surface area contributed by atoms with Gasteiger partial charge in [0.15, 0.2) is 5.82 Å². The molecule has 1 aromatic carbocycles. The van der Waals surface area contributed by atoms with Gasteiger partial charge in [-0.15, -0.1) is 0 Å². The number of pyridine rings is 1. The number of benzene rings is 1. The third-order valence-corrected chi connectivity index (χ3v) is 3.42. The maximum atomic E-state index is 13.8. The number of carbonyl (C=O) groups is 1. The highest BCUT2D eigenvalue weighted by Gasteiger charge is 2.28. The molecule has 0 N–H and O–H groups in total. The molecule has 1 aliphatic heterocycles. The summed E-state index contributed by atoms with van der Waals surface area (Å²) in [5, 5.41) is 0.808. The van der Waals surface area contributed by atoms with Crippen molar-refractivity contribution in [2.24, 2.45) is 0 Å². The van der Waals surface area contributed by atoms with Gasteiger partial charge in [0, 0.05) is 23.2 Å². The van der Waals surface area contributed by atoms with E-state index in [9.17, 15) is 9.18 Å². The van der Waals surface area contributed by atoms with Crippen LogP contribution in [0.1, 0.15) is 5.56 Å². The van der Waals surface area contributed by atoms with Crippen LogP contribution in [0.3, 0.4) is 0 Å². The Bertz CT molecular complexity index is 690. The van der Waals surface area contributed by atoms with Gasteiger partial charge in [-0.3, -0.25) is 9.88 Å². The number of hydrogen-bond acceptors (Lipinski definition) is 3. The maximum Gasteiger partial charge on any atom is 0.414 e. The Labute approximate surface area is 113 Å². The number of halogens is 2. The topological polar surface area (TPSA) is 42.4 Å². The van der Waals surface area contributed by atoms with Crippen LogP contribution in [0.25, 0.3) is 10.9 Å². The number of nitrogens with zero attached hydrogens (tertiary/aromatic N) is 2. The summed E-state index contributed by atoms with van der Waals surface area (Å²) in [6, 6.07) is 2.83. The predicted molar refractivity (Wildman–Crippen MR) is 70.2 cm³/mol. The highest BCUT2D eigenvalue weighted by molar-refractivity contribution is 6.31. The lowest BCUT2D eigenvalue weighted by atomic mass is 10.1. The number of methoxy groups -OCH3 is 1. The Morgan fingerprint density at radius 2 is 2.32 bits per heavy atom. The van der Waals surface area contributed by atoms with E-state index >= 15 is 0 Å².